The topological polar surface area (TPSA) is 76.6 Å². The molecule has 0 spiro atoms. The summed E-state index contributed by atoms with van der Waals surface area (Å²) in [6.07, 6.45) is -8.47. The van der Waals surface area contributed by atoms with Crippen molar-refractivity contribution in [3.05, 3.63) is 58.1 Å². The fourth-order valence-corrected chi connectivity index (χ4v) is 5.14. The predicted octanol–water partition coefficient (Wildman–Crippen LogP) is 6.96. The van der Waals surface area contributed by atoms with Crippen LogP contribution >= 0.6 is 0 Å². The molecule has 3 aromatic rings. The van der Waals surface area contributed by atoms with E-state index in [1.54, 1.807) is 27.8 Å². The van der Waals surface area contributed by atoms with Crippen LogP contribution in [0.4, 0.5) is 43.0 Å². The smallest absolute Gasteiger partial charge is 0.416 e. The molecule has 1 aromatic carbocycles. The van der Waals surface area contributed by atoms with Crippen molar-refractivity contribution >= 4 is 17.9 Å². The Labute approximate surface area is 226 Å². The Hall–Kier alpha value is -3.71. The number of alkyl halides is 6. The van der Waals surface area contributed by atoms with Crippen molar-refractivity contribution in [2.45, 2.75) is 71.5 Å². The molecule has 218 valence electrons. The van der Waals surface area contributed by atoms with Gasteiger partial charge in [0.15, 0.2) is 0 Å². The number of oxazole rings is 1. The van der Waals surface area contributed by atoms with E-state index in [0.717, 1.165) is 0 Å². The standard InChI is InChI=1S/C26H29F6N5O3/c1-6-19-11-20(21-15(4)34-35(5)22(21)37(19)24(38)39-7-2)36(23-33-14(3)13-40-23)12-16-8-17(25(27,28)29)10-18(9-16)26(30,31)32/h8-10,13,19-20H,6-7,11-12H2,1-5H3. The van der Waals surface area contributed by atoms with Crippen molar-refractivity contribution < 1.29 is 40.3 Å². The maximum Gasteiger partial charge on any atom is 0.416 e. The number of carbonyl (C=O) groups is 1. The Balaban J connectivity index is 1.89. The highest BCUT2D eigenvalue weighted by atomic mass is 19.4. The number of amides is 1. The van der Waals surface area contributed by atoms with E-state index in [9.17, 15) is 31.1 Å². The first-order chi connectivity index (χ1) is 18.6. The van der Waals surface area contributed by atoms with Gasteiger partial charge >= 0.3 is 18.4 Å². The molecule has 2 unspecified atom stereocenters. The first-order valence-corrected chi connectivity index (χ1v) is 12.6. The second-order valence-corrected chi connectivity index (χ2v) is 9.64. The SMILES string of the molecule is CCOC(=O)N1c2c(c(C)nn2C)C(N(Cc2cc(C(F)(F)F)cc(C(F)(F)F)c2)c2nc(C)co2)CC1CC. The fourth-order valence-electron chi connectivity index (χ4n) is 5.14. The van der Waals surface area contributed by atoms with Crippen LogP contribution in [0.2, 0.25) is 0 Å². The van der Waals surface area contributed by atoms with Gasteiger partial charge in [-0.3, -0.25) is 9.58 Å². The van der Waals surface area contributed by atoms with Gasteiger partial charge in [0.2, 0.25) is 0 Å². The molecule has 0 aliphatic carbocycles. The average molecular weight is 574 g/mol. The number of aryl methyl sites for hydroxylation is 3. The summed E-state index contributed by atoms with van der Waals surface area (Å²) in [6, 6.07) is 0.429. The van der Waals surface area contributed by atoms with E-state index in [2.05, 4.69) is 10.1 Å². The number of hydrogen-bond donors (Lipinski definition) is 0. The maximum absolute atomic E-state index is 13.6. The molecule has 4 rings (SSSR count). The van der Waals surface area contributed by atoms with E-state index < -0.39 is 41.7 Å². The average Bonchev–Trinajstić information content (AvgIpc) is 3.42. The van der Waals surface area contributed by atoms with Crippen LogP contribution in [-0.2, 0) is 30.7 Å². The minimum absolute atomic E-state index is 0.0158. The number of hydrogen-bond acceptors (Lipinski definition) is 6. The third-order valence-electron chi connectivity index (χ3n) is 6.82. The van der Waals surface area contributed by atoms with Crippen molar-refractivity contribution in [1.29, 1.82) is 0 Å². The van der Waals surface area contributed by atoms with Gasteiger partial charge in [-0.05, 0) is 57.4 Å². The highest BCUT2D eigenvalue weighted by Crippen LogP contribution is 2.45. The number of fused-ring (bicyclic) bond motifs is 1. The Morgan fingerprint density at radius 2 is 1.73 bits per heavy atom. The molecule has 14 heteroatoms. The highest BCUT2D eigenvalue weighted by Gasteiger charge is 2.44. The molecule has 2 atom stereocenters. The summed E-state index contributed by atoms with van der Waals surface area (Å²) in [4.78, 5) is 20.4. The molecule has 0 saturated carbocycles. The Bertz CT molecular complexity index is 1350. The van der Waals surface area contributed by atoms with E-state index >= 15 is 0 Å². The van der Waals surface area contributed by atoms with Gasteiger partial charge in [0.05, 0.1) is 35.2 Å². The van der Waals surface area contributed by atoms with Crippen LogP contribution < -0.4 is 9.80 Å². The Morgan fingerprint density at radius 3 is 2.23 bits per heavy atom. The van der Waals surface area contributed by atoms with Crippen molar-refractivity contribution in [1.82, 2.24) is 14.8 Å². The summed E-state index contributed by atoms with van der Waals surface area (Å²) in [7, 11) is 1.65. The number of benzene rings is 1. The lowest BCUT2D eigenvalue weighted by Gasteiger charge is -2.42. The highest BCUT2D eigenvalue weighted by molar-refractivity contribution is 5.89. The van der Waals surface area contributed by atoms with Crippen LogP contribution in [0, 0.1) is 13.8 Å². The summed E-state index contributed by atoms with van der Waals surface area (Å²) in [5.41, 5.74) is -1.50. The molecular formula is C26H29F6N5O3. The zero-order valence-electron chi connectivity index (χ0n) is 22.5. The quantitative estimate of drug-likeness (QED) is 0.297. The molecule has 1 aliphatic rings. The Kier molecular flexibility index (Phi) is 7.83. The van der Waals surface area contributed by atoms with Gasteiger partial charge in [0, 0.05) is 25.2 Å². The molecule has 0 N–H and O–H groups in total. The predicted molar refractivity (Wildman–Crippen MR) is 133 cm³/mol. The summed E-state index contributed by atoms with van der Waals surface area (Å²) in [5.74, 6) is 0.423. The first-order valence-electron chi connectivity index (χ1n) is 12.6. The van der Waals surface area contributed by atoms with Gasteiger partial charge in [0.1, 0.15) is 12.1 Å². The normalized spacial score (nSPS) is 17.6. The van der Waals surface area contributed by atoms with Crippen molar-refractivity contribution in [2.24, 2.45) is 7.05 Å². The van der Waals surface area contributed by atoms with Gasteiger partial charge in [0.25, 0.3) is 6.01 Å². The van der Waals surface area contributed by atoms with Crippen molar-refractivity contribution in [2.75, 3.05) is 16.4 Å². The van der Waals surface area contributed by atoms with E-state index in [1.807, 2.05) is 6.92 Å². The van der Waals surface area contributed by atoms with E-state index in [0.29, 0.717) is 41.3 Å². The monoisotopic (exact) mass is 573 g/mol. The third-order valence-corrected chi connectivity index (χ3v) is 6.82. The molecule has 2 aromatic heterocycles. The fraction of sp³-hybridized carbons (Fsp3) is 0.500. The van der Waals surface area contributed by atoms with Crippen LogP contribution in [0.3, 0.4) is 0 Å². The first kappa shape index (κ1) is 29.3. The summed E-state index contributed by atoms with van der Waals surface area (Å²) >= 11 is 0. The number of nitrogens with zero attached hydrogens (tertiary/aromatic N) is 5. The van der Waals surface area contributed by atoms with Gasteiger partial charge in [-0.25, -0.2) is 4.79 Å². The van der Waals surface area contributed by atoms with Crippen molar-refractivity contribution in [3.63, 3.8) is 0 Å². The third kappa shape index (κ3) is 5.61. The zero-order chi connectivity index (χ0) is 29.6. The molecular weight excluding hydrogens is 544 g/mol. The van der Waals surface area contributed by atoms with Crippen LogP contribution in [-0.4, -0.2) is 33.5 Å². The van der Waals surface area contributed by atoms with E-state index in [-0.39, 0.29) is 37.2 Å². The van der Waals surface area contributed by atoms with Crippen LogP contribution in [0.1, 0.15) is 66.4 Å². The van der Waals surface area contributed by atoms with Crippen LogP contribution in [0.15, 0.2) is 28.9 Å². The summed E-state index contributed by atoms with van der Waals surface area (Å²) in [5, 5.41) is 4.48. The van der Waals surface area contributed by atoms with Crippen LogP contribution in [0.5, 0.6) is 0 Å². The van der Waals surface area contributed by atoms with Crippen LogP contribution in [0.25, 0.3) is 0 Å². The lowest BCUT2D eigenvalue weighted by atomic mass is 9.90. The zero-order valence-corrected chi connectivity index (χ0v) is 22.5. The number of aromatic nitrogens is 3. The molecule has 0 bridgehead atoms. The number of ether oxygens (including phenoxy) is 1. The lowest BCUT2D eigenvalue weighted by Crippen LogP contribution is -2.48. The molecule has 40 heavy (non-hydrogen) atoms. The molecule has 0 saturated heterocycles. The summed E-state index contributed by atoms with van der Waals surface area (Å²) in [6.45, 7) is 6.66. The van der Waals surface area contributed by atoms with Crippen molar-refractivity contribution in [3.8, 4) is 0 Å². The Morgan fingerprint density at radius 1 is 1.10 bits per heavy atom. The molecule has 3 heterocycles. The van der Waals surface area contributed by atoms with E-state index in [4.69, 9.17) is 9.15 Å². The molecule has 8 nitrogen and oxygen atoms in total. The molecule has 1 amide bonds. The number of anilines is 2. The number of rotatable bonds is 6. The largest absolute Gasteiger partial charge is 0.449 e. The second-order valence-electron chi connectivity index (χ2n) is 9.64. The minimum atomic E-state index is -4.99. The van der Waals surface area contributed by atoms with Gasteiger partial charge in [-0.2, -0.15) is 36.4 Å². The second kappa shape index (κ2) is 10.7. The number of carbonyl (C=O) groups excluding carboxylic acids is 1. The minimum Gasteiger partial charge on any atom is -0.449 e. The molecule has 0 fully saturated rings. The summed E-state index contributed by atoms with van der Waals surface area (Å²) < 4.78 is 94.1. The van der Waals surface area contributed by atoms with Gasteiger partial charge in [-0.1, -0.05) is 6.92 Å². The number of halogens is 6. The maximum atomic E-state index is 13.6. The van der Waals surface area contributed by atoms with E-state index in [1.165, 1.54) is 20.7 Å². The van der Waals surface area contributed by atoms with Gasteiger partial charge in [-0.15, -0.1) is 0 Å². The lowest BCUT2D eigenvalue weighted by molar-refractivity contribution is -0.143. The molecule has 0 radical (unpaired) electrons. The van der Waals surface area contributed by atoms with Gasteiger partial charge < -0.3 is 14.1 Å². The molecule has 1 aliphatic heterocycles.